The molecule has 0 fully saturated rings. The van der Waals surface area contributed by atoms with Crippen LogP contribution in [-0.2, 0) is 9.59 Å². The molecule has 7 heteroatoms. The van der Waals surface area contributed by atoms with Gasteiger partial charge in [-0.1, -0.05) is 31.2 Å². The number of para-hydroxylation sites is 4. The van der Waals surface area contributed by atoms with E-state index in [0.717, 1.165) is 6.42 Å². The fourth-order valence-corrected chi connectivity index (χ4v) is 3.26. The number of hydrogen-bond acceptors (Lipinski definition) is 5. The van der Waals surface area contributed by atoms with Gasteiger partial charge in [0.2, 0.25) is 6.10 Å². The average Bonchev–Trinajstić information content (AvgIpc) is 2.75. The smallest absolute Gasteiger partial charge is 0.271 e. The molecule has 2 aliphatic rings. The van der Waals surface area contributed by atoms with Crippen molar-refractivity contribution in [1.29, 1.82) is 0 Å². The molecule has 2 aromatic carbocycles. The molecule has 7 nitrogen and oxygen atoms in total. The van der Waals surface area contributed by atoms with Gasteiger partial charge in [0.05, 0.1) is 12.2 Å². The summed E-state index contributed by atoms with van der Waals surface area (Å²) in [7, 11) is 0. The quantitative estimate of drug-likeness (QED) is 0.877. The highest BCUT2D eigenvalue weighted by molar-refractivity contribution is 6.00. The Morgan fingerprint density at radius 2 is 1.68 bits per heavy atom. The summed E-state index contributed by atoms with van der Waals surface area (Å²) in [5.41, 5.74) is 0.620. The molecule has 0 spiro atoms. The monoisotopic (exact) mass is 382 g/mol. The van der Waals surface area contributed by atoms with Crippen LogP contribution in [0, 0.1) is 0 Å². The van der Waals surface area contributed by atoms with Crippen LogP contribution in [0.3, 0.4) is 0 Å². The number of amides is 2. The Kier molecular flexibility index (Phi) is 5.06. The number of carbonyl (C=O) groups excluding carboxylic acids is 2. The van der Waals surface area contributed by atoms with Gasteiger partial charge in [0.15, 0.2) is 17.6 Å². The van der Waals surface area contributed by atoms with Gasteiger partial charge in [-0.15, -0.1) is 0 Å². The molecule has 0 unspecified atom stereocenters. The number of benzene rings is 2. The first-order valence-corrected chi connectivity index (χ1v) is 9.40. The number of anilines is 1. The van der Waals surface area contributed by atoms with Gasteiger partial charge in [-0.2, -0.15) is 0 Å². The normalized spacial score (nSPS) is 20.0. The second-order valence-corrected chi connectivity index (χ2v) is 6.68. The largest absolute Gasteiger partial charge is 0.485 e. The summed E-state index contributed by atoms with van der Waals surface area (Å²) in [5, 5.41) is 2.83. The predicted molar refractivity (Wildman–Crippen MR) is 103 cm³/mol. The Bertz CT molecular complexity index is 885. The molecule has 2 atom stereocenters. The van der Waals surface area contributed by atoms with E-state index in [9.17, 15) is 9.59 Å². The lowest BCUT2D eigenvalue weighted by atomic mass is 10.1. The number of carbonyl (C=O) groups is 2. The van der Waals surface area contributed by atoms with Crippen molar-refractivity contribution >= 4 is 17.5 Å². The maximum atomic E-state index is 13.2. The molecular formula is C21H22N2O5. The first kappa shape index (κ1) is 18.2. The van der Waals surface area contributed by atoms with Crippen LogP contribution in [-0.4, -0.2) is 43.7 Å². The zero-order valence-electron chi connectivity index (χ0n) is 15.6. The van der Waals surface area contributed by atoms with Crippen molar-refractivity contribution in [1.82, 2.24) is 5.32 Å². The molecule has 2 amide bonds. The van der Waals surface area contributed by atoms with Crippen LogP contribution < -0.4 is 24.4 Å². The van der Waals surface area contributed by atoms with Crippen molar-refractivity contribution in [2.24, 2.45) is 0 Å². The summed E-state index contributed by atoms with van der Waals surface area (Å²) in [4.78, 5) is 27.2. The summed E-state index contributed by atoms with van der Waals surface area (Å²) in [6.07, 6.45) is -0.743. The Balaban J connectivity index is 1.57. The van der Waals surface area contributed by atoms with Crippen molar-refractivity contribution < 1.29 is 23.8 Å². The minimum atomic E-state index is -0.791. The highest BCUT2D eigenvalue weighted by atomic mass is 16.6. The Hall–Kier alpha value is -3.22. The number of ether oxygens (including phenoxy) is 3. The molecule has 2 aromatic rings. The average molecular weight is 382 g/mol. The fraction of sp³-hybridized carbons (Fsp3) is 0.333. The van der Waals surface area contributed by atoms with Gasteiger partial charge in [-0.05, 0) is 30.7 Å². The molecule has 28 heavy (non-hydrogen) atoms. The van der Waals surface area contributed by atoms with Crippen LogP contribution in [0.15, 0.2) is 48.5 Å². The standard InChI is InChI=1S/C21H22N2O5/c1-2-11-22-20(24)18-12-23(14-7-3-4-8-15(14)27-18)21(25)19-13-26-16-9-5-6-10-17(16)28-19/h3-10,18-19H,2,11-13H2,1H3,(H,22,24)/t18-,19+/m1/s1. The summed E-state index contributed by atoms with van der Waals surface area (Å²) in [6, 6.07) is 14.4. The molecule has 2 heterocycles. The summed E-state index contributed by atoms with van der Waals surface area (Å²) in [5.74, 6) is 1.14. The third kappa shape index (κ3) is 3.47. The summed E-state index contributed by atoms with van der Waals surface area (Å²) >= 11 is 0. The van der Waals surface area contributed by atoms with Gasteiger partial charge in [0.1, 0.15) is 12.4 Å². The highest BCUT2D eigenvalue weighted by Crippen LogP contribution is 2.36. The summed E-state index contributed by atoms with van der Waals surface area (Å²) < 4.78 is 17.4. The second-order valence-electron chi connectivity index (χ2n) is 6.68. The van der Waals surface area contributed by atoms with Crippen molar-refractivity contribution in [3.8, 4) is 17.2 Å². The van der Waals surface area contributed by atoms with E-state index in [0.29, 0.717) is 29.5 Å². The van der Waals surface area contributed by atoms with Crippen LogP contribution >= 0.6 is 0 Å². The molecule has 1 N–H and O–H groups in total. The number of hydrogen-bond donors (Lipinski definition) is 1. The van der Waals surface area contributed by atoms with Crippen LogP contribution in [0.25, 0.3) is 0 Å². The van der Waals surface area contributed by atoms with Gasteiger partial charge in [-0.25, -0.2) is 0 Å². The molecule has 0 saturated heterocycles. The zero-order chi connectivity index (χ0) is 19.5. The Morgan fingerprint density at radius 1 is 1.00 bits per heavy atom. The lowest BCUT2D eigenvalue weighted by molar-refractivity contribution is -0.130. The minimum Gasteiger partial charge on any atom is -0.485 e. The molecule has 146 valence electrons. The van der Waals surface area contributed by atoms with Crippen LogP contribution in [0.5, 0.6) is 17.2 Å². The van der Waals surface area contributed by atoms with E-state index in [1.54, 1.807) is 29.2 Å². The minimum absolute atomic E-state index is 0.113. The molecule has 0 bridgehead atoms. The number of fused-ring (bicyclic) bond motifs is 2. The molecule has 0 radical (unpaired) electrons. The predicted octanol–water partition coefficient (Wildman–Crippen LogP) is 2.15. The van der Waals surface area contributed by atoms with E-state index in [1.165, 1.54) is 0 Å². The van der Waals surface area contributed by atoms with Crippen molar-refractivity contribution in [2.45, 2.75) is 25.6 Å². The highest BCUT2D eigenvalue weighted by Gasteiger charge is 2.38. The Morgan fingerprint density at radius 3 is 2.46 bits per heavy atom. The third-order valence-corrected chi connectivity index (χ3v) is 4.67. The van der Waals surface area contributed by atoms with Crippen molar-refractivity contribution in [3.05, 3.63) is 48.5 Å². The fourth-order valence-electron chi connectivity index (χ4n) is 3.26. The van der Waals surface area contributed by atoms with E-state index in [-0.39, 0.29) is 25.0 Å². The van der Waals surface area contributed by atoms with Crippen molar-refractivity contribution in [2.75, 3.05) is 24.6 Å². The molecule has 0 saturated carbocycles. The van der Waals surface area contributed by atoms with E-state index >= 15 is 0 Å². The van der Waals surface area contributed by atoms with Crippen LogP contribution in [0.4, 0.5) is 5.69 Å². The first-order chi connectivity index (χ1) is 13.7. The number of nitrogens with zero attached hydrogens (tertiary/aromatic N) is 1. The lowest BCUT2D eigenvalue weighted by Gasteiger charge is -2.36. The second kappa shape index (κ2) is 7.80. The van der Waals surface area contributed by atoms with Gasteiger partial charge in [0, 0.05) is 6.54 Å². The van der Waals surface area contributed by atoms with Gasteiger partial charge in [0.25, 0.3) is 11.8 Å². The van der Waals surface area contributed by atoms with Gasteiger partial charge in [-0.3, -0.25) is 9.59 Å². The molecular weight excluding hydrogens is 360 g/mol. The van der Waals surface area contributed by atoms with Crippen LogP contribution in [0.2, 0.25) is 0 Å². The maximum absolute atomic E-state index is 13.2. The topological polar surface area (TPSA) is 77.1 Å². The maximum Gasteiger partial charge on any atom is 0.271 e. The van der Waals surface area contributed by atoms with E-state index in [4.69, 9.17) is 14.2 Å². The van der Waals surface area contributed by atoms with Crippen molar-refractivity contribution in [3.63, 3.8) is 0 Å². The lowest BCUT2D eigenvalue weighted by Crippen LogP contribution is -2.55. The third-order valence-electron chi connectivity index (χ3n) is 4.67. The van der Waals surface area contributed by atoms with Gasteiger partial charge >= 0.3 is 0 Å². The van der Waals surface area contributed by atoms with E-state index in [2.05, 4.69) is 5.32 Å². The molecule has 0 aliphatic carbocycles. The molecule has 2 aliphatic heterocycles. The number of rotatable bonds is 4. The van der Waals surface area contributed by atoms with E-state index in [1.807, 2.05) is 31.2 Å². The number of nitrogens with one attached hydrogen (secondary N) is 1. The molecule has 0 aromatic heterocycles. The molecule has 4 rings (SSSR count). The first-order valence-electron chi connectivity index (χ1n) is 9.40. The van der Waals surface area contributed by atoms with Gasteiger partial charge < -0.3 is 24.4 Å². The zero-order valence-corrected chi connectivity index (χ0v) is 15.6. The Labute approximate surface area is 163 Å². The van der Waals surface area contributed by atoms with Crippen LogP contribution in [0.1, 0.15) is 13.3 Å². The SMILES string of the molecule is CCCNC(=O)[C@H]1CN(C(=O)[C@@H]2COc3ccccc3O2)c2ccccc2O1. The van der Waals surface area contributed by atoms with E-state index < -0.39 is 12.2 Å². The summed E-state index contributed by atoms with van der Waals surface area (Å²) in [6.45, 7) is 2.77.